The van der Waals surface area contributed by atoms with Crippen molar-refractivity contribution in [3.8, 4) is 5.75 Å². The normalized spacial score (nSPS) is 23.0. The van der Waals surface area contributed by atoms with Crippen LogP contribution in [-0.4, -0.2) is 23.6 Å². The van der Waals surface area contributed by atoms with Crippen LogP contribution in [0.4, 0.5) is 0 Å². The fourth-order valence-electron chi connectivity index (χ4n) is 6.62. The summed E-state index contributed by atoms with van der Waals surface area (Å²) in [6.45, 7) is 2.39. The van der Waals surface area contributed by atoms with E-state index in [2.05, 4.69) is 12.1 Å². The van der Waals surface area contributed by atoms with Gasteiger partial charge in [-0.1, -0.05) is 79.2 Å². The lowest BCUT2D eigenvalue weighted by atomic mass is 9.69. The Balaban J connectivity index is 1.31. The second kappa shape index (κ2) is 12.3. The number of Topliss-reactive ketones (excluding diaryl/α,β-unsaturated/α-hetero) is 1. The second-order valence-electron chi connectivity index (χ2n) is 11.5. The van der Waals surface area contributed by atoms with Crippen molar-refractivity contribution >= 4 is 17.5 Å². The van der Waals surface area contributed by atoms with Crippen molar-refractivity contribution < 1.29 is 19.1 Å². The van der Waals surface area contributed by atoms with Gasteiger partial charge in [0.2, 0.25) is 0 Å². The fraction of sp³-hybridized carbons (Fsp3) is 0.361. The molecule has 0 amide bonds. The van der Waals surface area contributed by atoms with Gasteiger partial charge < -0.3 is 9.47 Å². The number of carbonyl (C=O) groups is 2. The Morgan fingerprint density at radius 1 is 0.829 bits per heavy atom. The lowest BCUT2D eigenvalue weighted by Gasteiger charge is -2.37. The van der Waals surface area contributed by atoms with Gasteiger partial charge in [-0.05, 0) is 73.8 Å². The van der Waals surface area contributed by atoms with E-state index in [1.807, 2.05) is 79.7 Å². The molecule has 1 saturated carbocycles. The maximum absolute atomic E-state index is 13.9. The first-order chi connectivity index (χ1) is 20.1. The molecule has 5 heteroatoms. The number of hydrogen-bond acceptors (Lipinski definition) is 5. The van der Waals surface area contributed by atoms with Crippen molar-refractivity contribution in [3.05, 3.63) is 113 Å². The van der Waals surface area contributed by atoms with E-state index in [1.54, 1.807) is 0 Å². The number of hydrogen-bond donors (Lipinski definition) is 0. The molecule has 1 heterocycles. The zero-order valence-corrected chi connectivity index (χ0v) is 23.6. The molecule has 5 nitrogen and oxygen atoms in total. The third kappa shape index (κ3) is 6.04. The number of ketones is 1. The largest absolute Gasteiger partial charge is 0.489 e. The molecule has 0 bridgehead atoms. The topological polar surface area (TPSA) is 65.0 Å². The molecule has 41 heavy (non-hydrogen) atoms. The van der Waals surface area contributed by atoms with E-state index in [0.717, 1.165) is 59.5 Å². The molecule has 1 aliphatic heterocycles. The molecule has 210 valence electrons. The smallest absolute Gasteiger partial charge is 0.315 e. The highest BCUT2D eigenvalue weighted by atomic mass is 16.5. The molecule has 0 aromatic heterocycles. The number of ether oxygens (including phenoxy) is 2. The van der Waals surface area contributed by atoms with Crippen LogP contribution in [0.3, 0.4) is 0 Å². The standard InChI is InChI=1S/C36H37NO4/c1-24-33(36(39)41-30-15-9-4-10-16-30)34(27-17-19-29(20-18-27)40-23-25-11-5-2-6-12-25)35-31(37-24)21-28(22-32(35)38)26-13-7-3-8-14-26/h2-3,5-8,11-14,17-20,28,30,33-34H,4,9-10,15-16,21-23H2,1H3/t28-,33?,34-/m1/s1. The van der Waals surface area contributed by atoms with Crippen molar-refractivity contribution in [3.63, 3.8) is 0 Å². The molecule has 3 aromatic rings. The summed E-state index contributed by atoms with van der Waals surface area (Å²) < 4.78 is 12.1. The number of esters is 1. The van der Waals surface area contributed by atoms with Crippen LogP contribution in [0.1, 0.15) is 80.4 Å². The molecule has 6 rings (SSSR count). The monoisotopic (exact) mass is 547 g/mol. The summed E-state index contributed by atoms with van der Waals surface area (Å²) in [4.78, 5) is 32.6. The predicted molar refractivity (Wildman–Crippen MR) is 160 cm³/mol. The zero-order valence-electron chi connectivity index (χ0n) is 23.6. The van der Waals surface area contributed by atoms with Crippen molar-refractivity contribution in [2.75, 3.05) is 0 Å². The average molecular weight is 548 g/mol. The van der Waals surface area contributed by atoms with Gasteiger partial charge in [0.15, 0.2) is 5.78 Å². The van der Waals surface area contributed by atoms with Crippen LogP contribution < -0.4 is 4.74 Å². The number of nitrogens with zero attached hydrogens (tertiary/aromatic N) is 1. The van der Waals surface area contributed by atoms with Crippen LogP contribution in [-0.2, 0) is 20.9 Å². The maximum atomic E-state index is 13.9. The van der Waals surface area contributed by atoms with E-state index < -0.39 is 11.8 Å². The second-order valence-corrected chi connectivity index (χ2v) is 11.5. The van der Waals surface area contributed by atoms with Crippen molar-refractivity contribution in [1.82, 2.24) is 0 Å². The van der Waals surface area contributed by atoms with E-state index in [9.17, 15) is 9.59 Å². The van der Waals surface area contributed by atoms with Gasteiger partial charge in [-0.15, -0.1) is 0 Å². The molecule has 3 atom stereocenters. The summed E-state index contributed by atoms with van der Waals surface area (Å²) >= 11 is 0. The Morgan fingerprint density at radius 3 is 2.22 bits per heavy atom. The lowest BCUT2D eigenvalue weighted by molar-refractivity contribution is -0.153. The van der Waals surface area contributed by atoms with Gasteiger partial charge in [0.25, 0.3) is 0 Å². The highest BCUT2D eigenvalue weighted by Crippen LogP contribution is 2.47. The highest BCUT2D eigenvalue weighted by molar-refractivity contribution is 6.09. The quantitative estimate of drug-likeness (QED) is 0.284. The summed E-state index contributed by atoms with van der Waals surface area (Å²) in [6.07, 6.45) is 6.19. The Labute approximate surface area is 242 Å². The average Bonchev–Trinajstić information content (AvgIpc) is 3.01. The lowest BCUT2D eigenvalue weighted by Crippen LogP contribution is -2.39. The SMILES string of the molecule is CC1=NC2=C(C(=O)C[C@H](c3ccccc3)C2)[C@H](c2ccc(OCc3ccccc3)cc2)C1C(=O)OC1CCCCC1. The van der Waals surface area contributed by atoms with Crippen molar-refractivity contribution in [2.24, 2.45) is 10.9 Å². The number of aliphatic imine (C=N–C) groups is 1. The fourth-order valence-corrected chi connectivity index (χ4v) is 6.62. The summed E-state index contributed by atoms with van der Waals surface area (Å²) in [5.41, 5.74) is 5.36. The number of allylic oxidation sites excluding steroid dienone is 2. The van der Waals surface area contributed by atoms with E-state index in [1.165, 1.54) is 6.42 Å². The first kappa shape index (κ1) is 27.2. The molecule has 3 aromatic carbocycles. The van der Waals surface area contributed by atoms with Crippen molar-refractivity contribution in [2.45, 2.75) is 76.4 Å². The molecule has 3 aliphatic rings. The molecule has 0 radical (unpaired) electrons. The number of benzene rings is 3. The first-order valence-electron chi connectivity index (χ1n) is 14.9. The van der Waals surface area contributed by atoms with Gasteiger partial charge in [0, 0.05) is 29.3 Å². The molecule has 0 spiro atoms. The first-order valence-corrected chi connectivity index (χ1v) is 14.9. The summed E-state index contributed by atoms with van der Waals surface area (Å²) in [7, 11) is 0. The molecule has 2 aliphatic carbocycles. The van der Waals surface area contributed by atoms with E-state index in [0.29, 0.717) is 25.0 Å². The summed E-state index contributed by atoms with van der Waals surface area (Å²) in [5.74, 6) is -0.416. The van der Waals surface area contributed by atoms with E-state index >= 15 is 0 Å². The Kier molecular flexibility index (Phi) is 8.13. The Bertz CT molecular complexity index is 1440. The van der Waals surface area contributed by atoms with E-state index in [-0.39, 0.29) is 23.8 Å². The van der Waals surface area contributed by atoms with Gasteiger partial charge in [-0.2, -0.15) is 0 Å². The summed E-state index contributed by atoms with van der Waals surface area (Å²) in [5, 5.41) is 0. The Morgan fingerprint density at radius 2 is 1.51 bits per heavy atom. The highest BCUT2D eigenvalue weighted by Gasteiger charge is 2.45. The Hall–Kier alpha value is -3.99. The van der Waals surface area contributed by atoms with Crippen LogP contribution in [0, 0.1) is 5.92 Å². The number of carbonyl (C=O) groups excluding carboxylic acids is 2. The van der Waals surface area contributed by atoms with Crippen LogP contribution in [0.25, 0.3) is 0 Å². The molecular formula is C36H37NO4. The zero-order chi connectivity index (χ0) is 28.2. The molecular weight excluding hydrogens is 510 g/mol. The molecule has 1 unspecified atom stereocenters. The van der Waals surface area contributed by atoms with Gasteiger partial charge >= 0.3 is 5.97 Å². The van der Waals surface area contributed by atoms with Crippen LogP contribution >= 0.6 is 0 Å². The van der Waals surface area contributed by atoms with Crippen LogP contribution in [0.5, 0.6) is 5.75 Å². The predicted octanol–water partition coefficient (Wildman–Crippen LogP) is 7.72. The third-order valence-electron chi connectivity index (χ3n) is 8.74. The molecule has 1 fully saturated rings. The molecule has 0 saturated heterocycles. The van der Waals surface area contributed by atoms with Gasteiger partial charge in [0.05, 0.1) is 0 Å². The maximum Gasteiger partial charge on any atom is 0.315 e. The third-order valence-corrected chi connectivity index (χ3v) is 8.74. The summed E-state index contributed by atoms with van der Waals surface area (Å²) in [6, 6.07) is 28.1. The van der Waals surface area contributed by atoms with Gasteiger partial charge in [-0.3, -0.25) is 14.6 Å². The minimum Gasteiger partial charge on any atom is -0.489 e. The van der Waals surface area contributed by atoms with Gasteiger partial charge in [-0.25, -0.2) is 0 Å². The van der Waals surface area contributed by atoms with Crippen molar-refractivity contribution in [1.29, 1.82) is 0 Å². The van der Waals surface area contributed by atoms with Crippen LogP contribution in [0.2, 0.25) is 0 Å². The minimum atomic E-state index is -0.621. The van der Waals surface area contributed by atoms with Gasteiger partial charge in [0.1, 0.15) is 24.4 Å². The molecule has 0 N–H and O–H groups in total. The number of rotatable bonds is 7. The minimum absolute atomic E-state index is 0.0571. The van der Waals surface area contributed by atoms with E-state index in [4.69, 9.17) is 14.5 Å². The van der Waals surface area contributed by atoms with Crippen LogP contribution in [0.15, 0.2) is 101 Å².